The average Bonchev–Trinajstić information content (AvgIpc) is 2.44. The third-order valence-electron chi connectivity index (χ3n) is 2.97. The van der Waals surface area contributed by atoms with E-state index in [0.29, 0.717) is 5.56 Å². The van der Waals surface area contributed by atoms with E-state index in [4.69, 9.17) is 22.2 Å². The van der Waals surface area contributed by atoms with E-state index in [9.17, 15) is 8.78 Å². The minimum absolute atomic E-state index is 0.0169. The molecule has 106 valence electrons. The molecular weight excluding hydrogens is 286 g/mol. The van der Waals surface area contributed by atoms with Crippen LogP contribution in [-0.4, -0.2) is 7.11 Å². The van der Waals surface area contributed by atoms with Crippen molar-refractivity contribution in [1.29, 1.82) is 0 Å². The second-order valence-corrected chi connectivity index (χ2v) is 4.54. The Bertz CT molecular complexity index is 622. The molecule has 0 aliphatic heterocycles. The summed E-state index contributed by atoms with van der Waals surface area (Å²) in [5.41, 5.74) is 3.17. The molecule has 0 fully saturated rings. The van der Waals surface area contributed by atoms with E-state index in [-0.39, 0.29) is 16.3 Å². The minimum atomic E-state index is -0.714. The van der Waals surface area contributed by atoms with Crippen LogP contribution in [0.25, 0.3) is 0 Å². The molecule has 0 spiro atoms. The third kappa shape index (κ3) is 2.75. The predicted molar refractivity (Wildman–Crippen MR) is 73.5 cm³/mol. The lowest BCUT2D eigenvalue weighted by atomic mass is 9.98. The first-order valence-electron chi connectivity index (χ1n) is 5.82. The van der Waals surface area contributed by atoms with Crippen molar-refractivity contribution in [3.8, 4) is 5.75 Å². The topological polar surface area (TPSA) is 47.3 Å². The quantitative estimate of drug-likeness (QED) is 0.673. The summed E-state index contributed by atoms with van der Waals surface area (Å²) in [6.45, 7) is 0. The maximum atomic E-state index is 14.0. The number of nitrogens with one attached hydrogen (secondary N) is 1. The fraction of sp³-hybridized carbons (Fsp3) is 0.143. The van der Waals surface area contributed by atoms with Crippen LogP contribution in [0.4, 0.5) is 8.78 Å². The van der Waals surface area contributed by atoms with Crippen LogP contribution in [0.3, 0.4) is 0 Å². The van der Waals surface area contributed by atoms with Crippen LogP contribution in [0.2, 0.25) is 5.02 Å². The van der Waals surface area contributed by atoms with Gasteiger partial charge in [-0.15, -0.1) is 0 Å². The van der Waals surface area contributed by atoms with Crippen LogP contribution in [0.5, 0.6) is 5.75 Å². The van der Waals surface area contributed by atoms with Gasteiger partial charge in [0.2, 0.25) is 0 Å². The summed E-state index contributed by atoms with van der Waals surface area (Å²) in [4.78, 5) is 0. The Morgan fingerprint density at radius 1 is 1.25 bits per heavy atom. The molecule has 0 radical (unpaired) electrons. The van der Waals surface area contributed by atoms with Crippen molar-refractivity contribution in [2.24, 2.45) is 5.84 Å². The molecular formula is C14H13ClF2N2O. The molecule has 3 N–H and O–H groups in total. The molecule has 20 heavy (non-hydrogen) atoms. The molecule has 2 rings (SSSR count). The zero-order chi connectivity index (χ0) is 14.7. The highest BCUT2D eigenvalue weighted by molar-refractivity contribution is 6.30. The van der Waals surface area contributed by atoms with Crippen LogP contribution < -0.4 is 16.0 Å². The van der Waals surface area contributed by atoms with Crippen molar-refractivity contribution < 1.29 is 13.5 Å². The Balaban J connectivity index is 2.47. The maximum absolute atomic E-state index is 14.0. The lowest BCUT2D eigenvalue weighted by Crippen LogP contribution is -2.29. The zero-order valence-corrected chi connectivity index (χ0v) is 11.4. The molecule has 3 nitrogen and oxygen atoms in total. The summed E-state index contributed by atoms with van der Waals surface area (Å²) in [6.07, 6.45) is 0. The van der Waals surface area contributed by atoms with Gasteiger partial charge >= 0.3 is 0 Å². The van der Waals surface area contributed by atoms with Gasteiger partial charge < -0.3 is 4.74 Å². The molecule has 2 aromatic rings. The largest absolute Gasteiger partial charge is 0.494 e. The van der Waals surface area contributed by atoms with Crippen molar-refractivity contribution in [1.82, 2.24) is 5.43 Å². The normalized spacial score (nSPS) is 12.2. The molecule has 0 bridgehead atoms. The first-order valence-corrected chi connectivity index (χ1v) is 6.19. The van der Waals surface area contributed by atoms with Gasteiger partial charge in [-0.25, -0.2) is 14.2 Å². The maximum Gasteiger partial charge on any atom is 0.165 e. The fourth-order valence-corrected chi connectivity index (χ4v) is 2.15. The number of ether oxygens (including phenoxy) is 1. The van der Waals surface area contributed by atoms with Gasteiger partial charge in [-0.2, -0.15) is 0 Å². The molecule has 0 saturated carbocycles. The van der Waals surface area contributed by atoms with E-state index in [0.717, 1.165) is 0 Å². The monoisotopic (exact) mass is 298 g/mol. The van der Waals surface area contributed by atoms with E-state index in [1.54, 1.807) is 12.1 Å². The molecule has 2 aromatic carbocycles. The second kappa shape index (κ2) is 6.17. The summed E-state index contributed by atoms with van der Waals surface area (Å²) in [7, 11) is 1.37. The Morgan fingerprint density at radius 3 is 2.60 bits per heavy atom. The van der Waals surface area contributed by atoms with Crippen molar-refractivity contribution in [2.75, 3.05) is 7.11 Å². The molecule has 0 aliphatic carbocycles. The van der Waals surface area contributed by atoms with E-state index in [1.165, 1.54) is 31.4 Å². The second-order valence-electron chi connectivity index (χ2n) is 4.14. The standard InChI is InChI=1S/C14H13ClF2N2O/c1-20-12-6-5-8(7-11(12)16)14(19-18)9-3-2-4-10(15)13(9)17/h2-7,14,19H,18H2,1H3. The predicted octanol–water partition coefficient (Wildman–Crippen LogP) is 3.18. The lowest BCUT2D eigenvalue weighted by molar-refractivity contribution is 0.385. The number of nitrogens with two attached hydrogens (primary N) is 1. The van der Waals surface area contributed by atoms with E-state index in [1.807, 2.05) is 0 Å². The summed E-state index contributed by atoms with van der Waals surface area (Å²) in [6, 6.07) is 8.16. The summed E-state index contributed by atoms with van der Waals surface area (Å²) in [5.74, 6) is 4.43. The number of hydrogen-bond donors (Lipinski definition) is 2. The zero-order valence-electron chi connectivity index (χ0n) is 10.7. The van der Waals surface area contributed by atoms with Crippen LogP contribution in [0, 0.1) is 11.6 Å². The van der Waals surface area contributed by atoms with Crippen LogP contribution in [0.1, 0.15) is 17.2 Å². The van der Waals surface area contributed by atoms with E-state index in [2.05, 4.69) is 5.43 Å². The summed E-state index contributed by atoms with van der Waals surface area (Å²) >= 11 is 5.74. The Kier molecular flexibility index (Phi) is 4.54. The smallest absolute Gasteiger partial charge is 0.165 e. The van der Waals surface area contributed by atoms with Crippen LogP contribution >= 0.6 is 11.6 Å². The van der Waals surface area contributed by atoms with E-state index >= 15 is 0 Å². The van der Waals surface area contributed by atoms with Gasteiger partial charge in [0.1, 0.15) is 5.82 Å². The van der Waals surface area contributed by atoms with Gasteiger partial charge in [0.25, 0.3) is 0 Å². The molecule has 0 aromatic heterocycles. The van der Waals surface area contributed by atoms with Gasteiger partial charge in [0, 0.05) is 5.56 Å². The van der Waals surface area contributed by atoms with Crippen molar-refractivity contribution >= 4 is 11.6 Å². The SMILES string of the molecule is COc1ccc(C(NN)c2cccc(Cl)c2F)cc1F. The van der Waals surface area contributed by atoms with Gasteiger partial charge in [-0.05, 0) is 23.8 Å². The first kappa shape index (κ1) is 14.7. The lowest BCUT2D eigenvalue weighted by Gasteiger charge is -2.18. The molecule has 6 heteroatoms. The van der Waals surface area contributed by atoms with Gasteiger partial charge in [0.15, 0.2) is 11.6 Å². The van der Waals surface area contributed by atoms with Gasteiger partial charge in [-0.3, -0.25) is 5.84 Å². The Morgan fingerprint density at radius 2 is 2.00 bits per heavy atom. The van der Waals surface area contributed by atoms with E-state index < -0.39 is 17.7 Å². The third-order valence-corrected chi connectivity index (χ3v) is 3.26. The highest BCUT2D eigenvalue weighted by Crippen LogP contribution is 2.29. The van der Waals surface area contributed by atoms with Crippen LogP contribution in [-0.2, 0) is 0 Å². The van der Waals surface area contributed by atoms with Crippen molar-refractivity contribution in [2.45, 2.75) is 6.04 Å². The Hall–Kier alpha value is -1.69. The van der Waals surface area contributed by atoms with Crippen LogP contribution in [0.15, 0.2) is 36.4 Å². The number of hydrazine groups is 1. The highest BCUT2D eigenvalue weighted by atomic mass is 35.5. The molecule has 0 amide bonds. The number of benzene rings is 2. The fourth-order valence-electron chi connectivity index (χ4n) is 1.97. The van der Waals surface area contributed by atoms with Gasteiger partial charge in [0.05, 0.1) is 18.2 Å². The molecule has 0 heterocycles. The Labute approximate surface area is 120 Å². The first-order chi connectivity index (χ1) is 9.58. The number of rotatable bonds is 4. The number of hydrogen-bond acceptors (Lipinski definition) is 3. The molecule has 0 saturated heterocycles. The molecule has 1 atom stereocenters. The summed E-state index contributed by atoms with van der Waals surface area (Å²) < 4.78 is 32.6. The minimum Gasteiger partial charge on any atom is -0.494 e. The number of methoxy groups -OCH3 is 1. The number of halogens is 3. The van der Waals surface area contributed by atoms with Crippen molar-refractivity contribution in [3.05, 3.63) is 64.2 Å². The highest BCUT2D eigenvalue weighted by Gasteiger charge is 2.19. The molecule has 0 aliphatic rings. The average molecular weight is 299 g/mol. The summed E-state index contributed by atoms with van der Waals surface area (Å²) in [5, 5.41) is -0.0169. The van der Waals surface area contributed by atoms with Gasteiger partial charge in [-0.1, -0.05) is 29.8 Å². The molecule has 1 unspecified atom stereocenters. The van der Waals surface area contributed by atoms with Crippen molar-refractivity contribution in [3.63, 3.8) is 0 Å².